The Hall–Kier alpha value is -1.26. The highest BCUT2D eigenvalue weighted by atomic mass is 127. The third-order valence-electron chi connectivity index (χ3n) is 2.05. The number of alkyl halides is 3. The zero-order valence-electron chi connectivity index (χ0n) is 11.6. The number of aromatic nitrogens is 1. The molecule has 3 N–H and O–H groups in total. The van der Waals surface area contributed by atoms with Crippen LogP contribution in [0.5, 0.6) is 5.88 Å². The molecule has 0 saturated heterocycles. The van der Waals surface area contributed by atoms with Crippen LogP contribution >= 0.6 is 24.0 Å². The van der Waals surface area contributed by atoms with E-state index in [0.717, 1.165) is 5.56 Å². The molecule has 0 spiro atoms. The SMILES string of the molecule is CC(C)NC(N)=NCc1ccc(OCC(F)(F)F)nc1.I. The summed E-state index contributed by atoms with van der Waals surface area (Å²) in [6.07, 6.45) is -2.97. The van der Waals surface area contributed by atoms with Crippen molar-refractivity contribution in [3.8, 4) is 5.88 Å². The first-order valence-corrected chi connectivity index (χ1v) is 5.97. The zero-order valence-corrected chi connectivity index (χ0v) is 14.0. The van der Waals surface area contributed by atoms with Crippen LogP contribution in [0.1, 0.15) is 19.4 Å². The second-order valence-corrected chi connectivity index (χ2v) is 4.41. The number of pyridine rings is 1. The molecule has 0 bridgehead atoms. The molecule has 0 unspecified atom stereocenters. The Balaban J connectivity index is 0.00000400. The van der Waals surface area contributed by atoms with E-state index in [4.69, 9.17) is 5.73 Å². The van der Waals surface area contributed by atoms with E-state index < -0.39 is 12.8 Å². The molecule has 1 aromatic rings. The number of nitrogens with two attached hydrogens (primary N) is 1. The van der Waals surface area contributed by atoms with E-state index in [0.29, 0.717) is 5.96 Å². The van der Waals surface area contributed by atoms with Crippen molar-refractivity contribution < 1.29 is 17.9 Å². The third-order valence-corrected chi connectivity index (χ3v) is 2.05. The van der Waals surface area contributed by atoms with Crippen molar-refractivity contribution in [2.75, 3.05) is 6.61 Å². The highest BCUT2D eigenvalue weighted by molar-refractivity contribution is 14.0. The fraction of sp³-hybridized carbons (Fsp3) is 0.500. The summed E-state index contributed by atoms with van der Waals surface area (Å²) < 4.78 is 40.3. The average Bonchev–Trinajstić information content (AvgIpc) is 2.33. The predicted octanol–water partition coefficient (Wildman–Crippen LogP) is 2.45. The molecule has 0 atom stereocenters. The van der Waals surface area contributed by atoms with Gasteiger partial charge in [0.05, 0.1) is 6.54 Å². The number of guanidine groups is 1. The molecule has 0 aromatic carbocycles. The summed E-state index contributed by atoms with van der Waals surface area (Å²) in [7, 11) is 0. The van der Waals surface area contributed by atoms with Crippen molar-refractivity contribution in [2.24, 2.45) is 10.7 Å². The molecule has 120 valence electrons. The molecule has 1 rings (SSSR count). The molecule has 9 heteroatoms. The summed E-state index contributed by atoms with van der Waals surface area (Å²) in [5.41, 5.74) is 6.34. The summed E-state index contributed by atoms with van der Waals surface area (Å²) in [5, 5.41) is 2.92. The molecule has 0 aliphatic heterocycles. The molecule has 0 fully saturated rings. The number of rotatable bonds is 5. The van der Waals surface area contributed by atoms with E-state index in [-0.39, 0.29) is 42.4 Å². The van der Waals surface area contributed by atoms with Gasteiger partial charge in [0.2, 0.25) is 5.88 Å². The molecular formula is C12H18F3IN4O. The number of aliphatic imine (C=N–C) groups is 1. The topological polar surface area (TPSA) is 72.5 Å². The van der Waals surface area contributed by atoms with Crippen LogP contribution in [0.3, 0.4) is 0 Å². The maximum Gasteiger partial charge on any atom is 0.422 e. The smallest absolute Gasteiger partial charge is 0.422 e. The standard InChI is InChI=1S/C12H17F3N4O.HI/c1-8(2)19-11(16)18-6-9-3-4-10(17-5-9)20-7-12(13,14)15;/h3-5,8H,6-7H2,1-2H3,(H3,16,18,19);1H. The Kier molecular flexibility index (Phi) is 8.37. The number of hydrogen-bond acceptors (Lipinski definition) is 3. The minimum atomic E-state index is -4.37. The molecule has 1 heterocycles. The van der Waals surface area contributed by atoms with E-state index in [9.17, 15) is 13.2 Å². The van der Waals surface area contributed by atoms with Crippen LogP contribution in [0, 0.1) is 0 Å². The van der Waals surface area contributed by atoms with Gasteiger partial charge >= 0.3 is 6.18 Å². The van der Waals surface area contributed by atoms with E-state index in [1.807, 2.05) is 13.8 Å². The maximum absolute atomic E-state index is 11.9. The Morgan fingerprint density at radius 1 is 1.43 bits per heavy atom. The average molecular weight is 418 g/mol. The first-order valence-electron chi connectivity index (χ1n) is 5.97. The maximum atomic E-state index is 11.9. The van der Waals surface area contributed by atoms with Crippen molar-refractivity contribution >= 4 is 29.9 Å². The minimum absolute atomic E-state index is 0. The molecule has 0 saturated carbocycles. The van der Waals surface area contributed by atoms with Gasteiger partial charge in [-0.1, -0.05) is 6.07 Å². The zero-order chi connectivity index (χ0) is 15.2. The van der Waals surface area contributed by atoms with E-state index >= 15 is 0 Å². The largest absolute Gasteiger partial charge is 0.468 e. The lowest BCUT2D eigenvalue weighted by Crippen LogP contribution is -2.36. The van der Waals surface area contributed by atoms with Crippen molar-refractivity contribution in [3.63, 3.8) is 0 Å². The summed E-state index contributed by atoms with van der Waals surface area (Å²) in [6, 6.07) is 3.13. The molecule has 0 aliphatic rings. The lowest BCUT2D eigenvalue weighted by Gasteiger charge is -2.09. The monoisotopic (exact) mass is 418 g/mol. The van der Waals surface area contributed by atoms with E-state index in [1.165, 1.54) is 12.3 Å². The molecule has 0 amide bonds. The van der Waals surface area contributed by atoms with Crippen molar-refractivity contribution in [1.29, 1.82) is 0 Å². The van der Waals surface area contributed by atoms with Gasteiger partial charge in [-0.2, -0.15) is 13.2 Å². The van der Waals surface area contributed by atoms with Crippen LogP contribution in [-0.2, 0) is 6.54 Å². The van der Waals surface area contributed by atoms with Gasteiger partial charge in [0.25, 0.3) is 0 Å². The van der Waals surface area contributed by atoms with Crippen molar-refractivity contribution in [1.82, 2.24) is 10.3 Å². The number of halogens is 4. The lowest BCUT2D eigenvalue weighted by atomic mass is 10.3. The highest BCUT2D eigenvalue weighted by Gasteiger charge is 2.28. The van der Waals surface area contributed by atoms with Gasteiger partial charge in [-0.3, -0.25) is 0 Å². The van der Waals surface area contributed by atoms with Crippen molar-refractivity contribution in [2.45, 2.75) is 32.6 Å². The molecule has 1 aromatic heterocycles. The third kappa shape index (κ3) is 9.32. The Bertz CT molecular complexity index is 449. The van der Waals surface area contributed by atoms with Crippen LogP contribution in [0.2, 0.25) is 0 Å². The summed E-state index contributed by atoms with van der Waals surface area (Å²) in [5.74, 6) is 0.223. The normalized spacial score (nSPS) is 12.0. The quantitative estimate of drug-likeness (QED) is 0.438. The second kappa shape index (κ2) is 8.90. The first-order chi connectivity index (χ1) is 9.26. The Morgan fingerprint density at radius 3 is 2.57 bits per heavy atom. The van der Waals surface area contributed by atoms with Gasteiger partial charge in [0.1, 0.15) is 0 Å². The van der Waals surface area contributed by atoms with Gasteiger partial charge < -0.3 is 15.8 Å². The van der Waals surface area contributed by atoms with Crippen LogP contribution < -0.4 is 15.8 Å². The number of nitrogens with one attached hydrogen (secondary N) is 1. The molecular weight excluding hydrogens is 400 g/mol. The second-order valence-electron chi connectivity index (χ2n) is 4.41. The fourth-order valence-corrected chi connectivity index (χ4v) is 1.26. The number of nitrogens with zero attached hydrogens (tertiary/aromatic N) is 2. The molecule has 21 heavy (non-hydrogen) atoms. The first kappa shape index (κ1) is 19.7. The van der Waals surface area contributed by atoms with Gasteiger partial charge in [0, 0.05) is 18.3 Å². The van der Waals surface area contributed by atoms with Crippen LogP contribution in [-0.4, -0.2) is 29.8 Å². The van der Waals surface area contributed by atoms with Gasteiger partial charge in [0.15, 0.2) is 12.6 Å². The highest BCUT2D eigenvalue weighted by Crippen LogP contribution is 2.17. The number of ether oxygens (including phenoxy) is 1. The number of hydrogen-bond donors (Lipinski definition) is 2. The van der Waals surface area contributed by atoms with Crippen LogP contribution in [0.4, 0.5) is 13.2 Å². The van der Waals surface area contributed by atoms with Gasteiger partial charge in [-0.05, 0) is 19.4 Å². The lowest BCUT2D eigenvalue weighted by molar-refractivity contribution is -0.154. The van der Waals surface area contributed by atoms with Crippen LogP contribution in [0.15, 0.2) is 23.3 Å². The summed E-state index contributed by atoms with van der Waals surface area (Å²) in [4.78, 5) is 7.84. The molecule has 0 radical (unpaired) electrons. The minimum Gasteiger partial charge on any atom is -0.468 e. The van der Waals surface area contributed by atoms with Gasteiger partial charge in [-0.15, -0.1) is 24.0 Å². The van der Waals surface area contributed by atoms with E-state index in [1.54, 1.807) is 6.07 Å². The predicted molar refractivity (Wildman–Crippen MR) is 84.8 cm³/mol. The van der Waals surface area contributed by atoms with Crippen LogP contribution in [0.25, 0.3) is 0 Å². The van der Waals surface area contributed by atoms with Crippen molar-refractivity contribution in [3.05, 3.63) is 23.9 Å². The summed E-state index contributed by atoms with van der Waals surface area (Å²) >= 11 is 0. The molecule has 0 aliphatic carbocycles. The Morgan fingerprint density at radius 2 is 2.10 bits per heavy atom. The summed E-state index contributed by atoms with van der Waals surface area (Å²) in [6.45, 7) is 2.79. The van der Waals surface area contributed by atoms with E-state index in [2.05, 4.69) is 20.0 Å². The Labute approximate surface area is 138 Å². The fourth-order valence-electron chi connectivity index (χ4n) is 1.26. The van der Waals surface area contributed by atoms with Gasteiger partial charge in [-0.25, -0.2) is 9.98 Å². The molecule has 5 nitrogen and oxygen atoms in total.